The van der Waals surface area contributed by atoms with Crippen LogP contribution in [0.2, 0.25) is 0 Å². The van der Waals surface area contributed by atoms with Gasteiger partial charge >= 0.3 is 5.97 Å². The Kier molecular flexibility index (Phi) is 5.40. The van der Waals surface area contributed by atoms with E-state index < -0.39 is 12.1 Å². The van der Waals surface area contributed by atoms with Crippen molar-refractivity contribution in [2.24, 2.45) is 0 Å². The summed E-state index contributed by atoms with van der Waals surface area (Å²) < 4.78 is 15.8. The van der Waals surface area contributed by atoms with Gasteiger partial charge in [0.15, 0.2) is 23.4 Å². The summed E-state index contributed by atoms with van der Waals surface area (Å²) >= 11 is 0. The first-order valence-corrected chi connectivity index (χ1v) is 8.41. The quantitative estimate of drug-likeness (QED) is 0.673. The van der Waals surface area contributed by atoms with Crippen LogP contribution < -0.4 is 15.0 Å². The molecule has 1 atom stereocenters. The van der Waals surface area contributed by atoms with Gasteiger partial charge in [-0.2, -0.15) is 0 Å². The SMILES string of the molecule is COc1ccc(CC(=O)O[C@H](C)c2nc3ccccc3c(=O)[nH]2)cc1OC. The molecule has 2 aromatic carbocycles. The Morgan fingerprint density at radius 2 is 1.85 bits per heavy atom. The Labute approximate surface area is 155 Å². The second-order valence-corrected chi connectivity index (χ2v) is 5.97. The lowest BCUT2D eigenvalue weighted by molar-refractivity contribution is -0.148. The fraction of sp³-hybridized carbons (Fsp3) is 0.250. The van der Waals surface area contributed by atoms with Crippen LogP contribution in [0, 0.1) is 0 Å². The van der Waals surface area contributed by atoms with Crippen molar-refractivity contribution in [3.8, 4) is 11.5 Å². The van der Waals surface area contributed by atoms with Crippen molar-refractivity contribution in [3.63, 3.8) is 0 Å². The van der Waals surface area contributed by atoms with E-state index in [4.69, 9.17) is 14.2 Å². The van der Waals surface area contributed by atoms with Crippen LogP contribution in [0.15, 0.2) is 47.3 Å². The molecule has 0 aliphatic rings. The average Bonchev–Trinajstić information content (AvgIpc) is 2.67. The smallest absolute Gasteiger partial charge is 0.310 e. The van der Waals surface area contributed by atoms with Crippen LogP contribution in [-0.4, -0.2) is 30.2 Å². The molecule has 0 fully saturated rings. The summed E-state index contributed by atoms with van der Waals surface area (Å²) in [5.74, 6) is 0.988. The fourth-order valence-corrected chi connectivity index (χ4v) is 2.75. The number of benzene rings is 2. The number of hydrogen-bond acceptors (Lipinski definition) is 6. The number of hydrogen-bond donors (Lipinski definition) is 1. The molecule has 1 N–H and O–H groups in total. The zero-order chi connectivity index (χ0) is 19.4. The summed E-state index contributed by atoms with van der Waals surface area (Å²) in [6, 6.07) is 12.2. The lowest BCUT2D eigenvalue weighted by Crippen LogP contribution is -2.18. The largest absolute Gasteiger partial charge is 0.493 e. The molecule has 140 valence electrons. The summed E-state index contributed by atoms with van der Waals surface area (Å²) in [6.07, 6.45) is -0.627. The number of H-pyrrole nitrogens is 1. The van der Waals surface area contributed by atoms with Gasteiger partial charge in [0.05, 0.1) is 31.5 Å². The highest BCUT2D eigenvalue weighted by Gasteiger charge is 2.16. The number of nitrogens with one attached hydrogen (secondary N) is 1. The summed E-state index contributed by atoms with van der Waals surface area (Å²) in [4.78, 5) is 31.5. The van der Waals surface area contributed by atoms with Gasteiger partial charge in [0.25, 0.3) is 5.56 Å². The van der Waals surface area contributed by atoms with E-state index in [0.29, 0.717) is 28.2 Å². The highest BCUT2D eigenvalue weighted by Crippen LogP contribution is 2.28. The third kappa shape index (κ3) is 4.08. The number of rotatable bonds is 6. The summed E-state index contributed by atoms with van der Waals surface area (Å²) in [5.41, 5.74) is 1.02. The van der Waals surface area contributed by atoms with Crippen LogP contribution in [0.25, 0.3) is 10.9 Å². The predicted octanol–water partition coefficient (Wildman–Crippen LogP) is 2.79. The third-order valence-electron chi connectivity index (χ3n) is 4.12. The molecule has 0 aliphatic carbocycles. The Balaban J connectivity index is 1.73. The van der Waals surface area contributed by atoms with E-state index in [1.807, 2.05) is 0 Å². The molecule has 3 aromatic rings. The Morgan fingerprint density at radius 1 is 1.11 bits per heavy atom. The standard InChI is InChI=1S/C20H20N2O5/c1-12(19-21-15-7-5-4-6-14(15)20(24)22-19)27-18(23)11-13-8-9-16(25-2)17(10-13)26-3/h4-10,12H,11H2,1-3H3,(H,21,22,24)/t12-/m1/s1. The van der Waals surface area contributed by atoms with E-state index in [9.17, 15) is 9.59 Å². The molecule has 0 amide bonds. The maximum absolute atomic E-state index is 12.3. The first-order valence-electron chi connectivity index (χ1n) is 8.41. The van der Waals surface area contributed by atoms with Crippen LogP contribution >= 0.6 is 0 Å². The van der Waals surface area contributed by atoms with Gasteiger partial charge < -0.3 is 19.2 Å². The molecule has 27 heavy (non-hydrogen) atoms. The van der Waals surface area contributed by atoms with Crippen molar-refractivity contribution in [1.82, 2.24) is 9.97 Å². The van der Waals surface area contributed by atoms with E-state index in [1.165, 1.54) is 7.11 Å². The molecule has 0 aliphatic heterocycles. The van der Waals surface area contributed by atoms with Crippen LogP contribution in [0.3, 0.4) is 0 Å². The predicted molar refractivity (Wildman–Crippen MR) is 100 cm³/mol. The lowest BCUT2D eigenvalue weighted by Gasteiger charge is -2.14. The number of methoxy groups -OCH3 is 2. The molecular formula is C20H20N2O5. The number of fused-ring (bicyclic) bond motifs is 1. The second-order valence-electron chi connectivity index (χ2n) is 5.97. The van der Waals surface area contributed by atoms with Crippen molar-refractivity contribution >= 4 is 16.9 Å². The van der Waals surface area contributed by atoms with E-state index >= 15 is 0 Å². The maximum atomic E-state index is 12.3. The number of aromatic amines is 1. The Morgan fingerprint density at radius 3 is 2.59 bits per heavy atom. The topological polar surface area (TPSA) is 90.5 Å². The molecule has 7 heteroatoms. The van der Waals surface area contributed by atoms with Crippen molar-refractivity contribution < 1.29 is 19.0 Å². The van der Waals surface area contributed by atoms with E-state index in [0.717, 1.165) is 5.56 Å². The molecule has 0 bridgehead atoms. The minimum absolute atomic E-state index is 0.0580. The summed E-state index contributed by atoms with van der Waals surface area (Å²) in [7, 11) is 3.08. The number of nitrogens with zero attached hydrogens (tertiary/aromatic N) is 1. The normalized spacial score (nSPS) is 11.8. The Bertz CT molecular complexity index is 1030. The third-order valence-corrected chi connectivity index (χ3v) is 4.12. The van der Waals surface area contributed by atoms with Crippen molar-refractivity contribution in [1.29, 1.82) is 0 Å². The van der Waals surface area contributed by atoms with E-state index in [1.54, 1.807) is 56.5 Å². The first-order chi connectivity index (χ1) is 13.0. The fourth-order valence-electron chi connectivity index (χ4n) is 2.75. The van der Waals surface area contributed by atoms with Crippen molar-refractivity contribution in [2.75, 3.05) is 14.2 Å². The molecule has 0 unspecified atom stereocenters. The number of aromatic nitrogens is 2. The van der Waals surface area contributed by atoms with Gasteiger partial charge in [-0.25, -0.2) is 4.98 Å². The van der Waals surface area contributed by atoms with Gasteiger partial charge in [0, 0.05) is 0 Å². The van der Waals surface area contributed by atoms with E-state index in [-0.39, 0.29) is 12.0 Å². The minimum atomic E-state index is -0.685. The zero-order valence-electron chi connectivity index (χ0n) is 15.3. The summed E-state index contributed by atoms with van der Waals surface area (Å²) in [6.45, 7) is 1.67. The molecule has 0 saturated heterocycles. The van der Waals surface area contributed by atoms with Gasteiger partial charge in [-0.3, -0.25) is 9.59 Å². The first kappa shape index (κ1) is 18.4. The average molecular weight is 368 g/mol. The number of ether oxygens (including phenoxy) is 3. The number of carbonyl (C=O) groups excluding carboxylic acids is 1. The number of para-hydroxylation sites is 1. The Hall–Kier alpha value is -3.35. The van der Waals surface area contributed by atoms with Gasteiger partial charge in [-0.05, 0) is 36.8 Å². The van der Waals surface area contributed by atoms with E-state index in [2.05, 4.69) is 9.97 Å². The molecule has 3 rings (SSSR count). The zero-order valence-corrected chi connectivity index (χ0v) is 15.3. The molecular weight excluding hydrogens is 348 g/mol. The van der Waals surface area contributed by atoms with Crippen LogP contribution in [0.1, 0.15) is 24.4 Å². The van der Waals surface area contributed by atoms with Gasteiger partial charge in [0.1, 0.15) is 0 Å². The van der Waals surface area contributed by atoms with Gasteiger partial charge in [0.2, 0.25) is 0 Å². The highest BCUT2D eigenvalue weighted by molar-refractivity contribution is 5.77. The molecule has 0 spiro atoms. The van der Waals surface area contributed by atoms with Crippen LogP contribution in [-0.2, 0) is 16.0 Å². The highest BCUT2D eigenvalue weighted by atomic mass is 16.5. The minimum Gasteiger partial charge on any atom is -0.493 e. The van der Waals surface area contributed by atoms with Crippen molar-refractivity contribution in [3.05, 3.63) is 64.2 Å². The lowest BCUT2D eigenvalue weighted by atomic mass is 10.1. The van der Waals surface area contributed by atoms with Gasteiger partial charge in [-0.15, -0.1) is 0 Å². The van der Waals surface area contributed by atoms with Gasteiger partial charge in [-0.1, -0.05) is 18.2 Å². The molecule has 1 aromatic heterocycles. The molecule has 0 saturated carbocycles. The maximum Gasteiger partial charge on any atom is 0.310 e. The molecule has 1 heterocycles. The van der Waals surface area contributed by atoms with Crippen molar-refractivity contribution in [2.45, 2.75) is 19.4 Å². The summed E-state index contributed by atoms with van der Waals surface area (Å²) in [5, 5.41) is 0.491. The molecule has 0 radical (unpaired) electrons. The van der Waals surface area contributed by atoms with Crippen LogP contribution in [0.5, 0.6) is 11.5 Å². The van der Waals surface area contributed by atoms with Crippen LogP contribution in [0.4, 0.5) is 0 Å². The number of esters is 1. The number of carbonyl (C=O) groups is 1. The second kappa shape index (κ2) is 7.90. The monoisotopic (exact) mass is 368 g/mol. The molecule has 7 nitrogen and oxygen atoms in total.